The highest BCUT2D eigenvalue weighted by molar-refractivity contribution is 6.01. The van der Waals surface area contributed by atoms with E-state index in [4.69, 9.17) is 14.5 Å². The summed E-state index contributed by atoms with van der Waals surface area (Å²) in [7, 11) is 0. The van der Waals surface area contributed by atoms with Gasteiger partial charge in [-0.1, -0.05) is 12.1 Å². The van der Waals surface area contributed by atoms with E-state index in [0.717, 1.165) is 24.3 Å². The van der Waals surface area contributed by atoms with Gasteiger partial charge in [-0.15, -0.1) is 0 Å². The minimum absolute atomic E-state index is 0.257. The van der Waals surface area contributed by atoms with Crippen LogP contribution in [-0.2, 0) is 0 Å². The highest BCUT2D eigenvalue weighted by Crippen LogP contribution is 2.32. The van der Waals surface area contributed by atoms with Gasteiger partial charge < -0.3 is 9.47 Å². The van der Waals surface area contributed by atoms with Crippen molar-refractivity contribution in [2.24, 2.45) is 4.99 Å². The first kappa shape index (κ1) is 15.6. The summed E-state index contributed by atoms with van der Waals surface area (Å²) in [5, 5.41) is 0. The average molecular weight is 309 g/mol. The number of nitrogens with zero attached hydrogens (tertiary/aromatic N) is 1. The molecule has 1 heterocycles. The van der Waals surface area contributed by atoms with Crippen molar-refractivity contribution >= 4 is 5.71 Å². The molecule has 0 bridgehead atoms. The molecule has 0 radical (unpaired) electrons. The molecule has 0 saturated heterocycles. The standard InChI is InChI=1S/C20H23NO2/c1-3-22-17-9-5-15(6-10-17)19-13-14-20(21-19)16-7-11-18(12-8-16)23-4-2/h5-12,19H,3-4,13-14H2,1-2H3. The van der Waals surface area contributed by atoms with E-state index in [1.54, 1.807) is 0 Å². The van der Waals surface area contributed by atoms with E-state index >= 15 is 0 Å². The van der Waals surface area contributed by atoms with Crippen molar-refractivity contribution in [3.63, 3.8) is 0 Å². The summed E-state index contributed by atoms with van der Waals surface area (Å²) in [5.74, 6) is 1.84. The fraction of sp³-hybridized carbons (Fsp3) is 0.350. The lowest BCUT2D eigenvalue weighted by molar-refractivity contribution is 0.340. The Hall–Kier alpha value is -2.29. The summed E-state index contributed by atoms with van der Waals surface area (Å²) in [4.78, 5) is 4.91. The molecule has 1 unspecified atom stereocenters. The molecule has 1 aliphatic rings. The van der Waals surface area contributed by atoms with Crippen LogP contribution in [0.1, 0.15) is 43.9 Å². The average Bonchev–Trinajstić information content (AvgIpc) is 3.07. The minimum atomic E-state index is 0.257. The third-order valence-electron chi connectivity index (χ3n) is 4.04. The molecule has 3 heteroatoms. The summed E-state index contributed by atoms with van der Waals surface area (Å²) >= 11 is 0. The van der Waals surface area contributed by atoms with Gasteiger partial charge >= 0.3 is 0 Å². The van der Waals surface area contributed by atoms with E-state index in [1.165, 1.54) is 16.8 Å². The van der Waals surface area contributed by atoms with E-state index in [0.29, 0.717) is 13.2 Å². The van der Waals surface area contributed by atoms with Gasteiger partial charge in [-0.2, -0.15) is 0 Å². The van der Waals surface area contributed by atoms with Gasteiger partial charge in [-0.3, -0.25) is 4.99 Å². The molecule has 0 N–H and O–H groups in total. The van der Waals surface area contributed by atoms with Crippen LogP contribution in [0, 0.1) is 0 Å². The van der Waals surface area contributed by atoms with Crippen molar-refractivity contribution in [3.8, 4) is 11.5 Å². The van der Waals surface area contributed by atoms with Crippen LogP contribution in [0.25, 0.3) is 0 Å². The third-order valence-corrected chi connectivity index (χ3v) is 4.04. The molecule has 0 spiro atoms. The molecule has 0 amide bonds. The van der Waals surface area contributed by atoms with Crippen LogP contribution in [0.15, 0.2) is 53.5 Å². The molecule has 0 fully saturated rings. The van der Waals surface area contributed by atoms with Gasteiger partial charge in [0.1, 0.15) is 11.5 Å². The second-order valence-corrected chi connectivity index (χ2v) is 5.59. The molecule has 2 aromatic rings. The number of hydrogen-bond acceptors (Lipinski definition) is 3. The Labute approximate surface area is 138 Å². The van der Waals surface area contributed by atoms with Crippen LogP contribution < -0.4 is 9.47 Å². The first-order valence-corrected chi connectivity index (χ1v) is 8.32. The molecule has 0 aromatic heterocycles. The minimum Gasteiger partial charge on any atom is -0.494 e. The third kappa shape index (κ3) is 3.73. The monoisotopic (exact) mass is 309 g/mol. The van der Waals surface area contributed by atoms with E-state index in [-0.39, 0.29) is 6.04 Å². The first-order valence-electron chi connectivity index (χ1n) is 8.32. The molecule has 3 rings (SSSR count). The topological polar surface area (TPSA) is 30.8 Å². The van der Waals surface area contributed by atoms with Crippen LogP contribution in [0.2, 0.25) is 0 Å². The van der Waals surface area contributed by atoms with Gasteiger partial charge in [-0.05, 0) is 74.2 Å². The number of ether oxygens (including phenoxy) is 2. The van der Waals surface area contributed by atoms with Crippen LogP contribution in [0.4, 0.5) is 0 Å². The Morgan fingerprint density at radius 2 is 1.43 bits per heavy atom. The maximum absolute atomic E-state index is 5.50. The van der Waals surface area contributed by atoms with Crippen molar-refractivity contribution in [1.29, 1.82) is 0 Å². The molecule has 1 aliphatic heterocycles. The molecular formula is C20H23NO2. The summed E-state index contributed by atoms with van der Waals surface area (Å²) in [6.07, 6.45) is 2.09. The van der Waals surface area contributed by atoms with E-state index in [2.05, 4.69) is 24.3 Å². The number of hydrogen-bond donors (Lipinski definition) is 0. The smallest absolute Gasteiger partial charge is 0.119 e. The summed E-state index contributed by atoms with van der Waals surface area (Å²) in [6, 6.07) is 16.8. The number of rotatable bonds is 6. The molecule has 1 atom stereocenters. The quantitative estimate of drug-likeness (QED) is 0.767. The van der Waals surface area contributed by atoms with Crippen molar-refractivity contribution in [3.05, 3.63) is 59.7 Å². The molecule has 23 heavy (non-hydrogen) atoms. The number of benzene rings is 2. The van der Waals surface area contributed by atoms with Crippen LogP contribution in [0.3, 0.4) is 0 Å². The Balaban J connectivity index is 1.72. The summed E-state index contributed by atoms with van der Waals surface area (Å²) in [6.45, 7) is 5.39. The highest BCUT2D eigenvalue weighted by Gasteiger charge is 2.20. The summed E-state index contributed by atoms with van der Waals surface area (Å²) < 4.78 is 11.0. The maximum Gasteiger partial charge on any atom is 0.119 e. The van der Waals surface area contributed by atoms with Gasteiger partial charge in [-0.25, -0.2) is 0 Å². The lowest BCUT2D eigenvalue weighted by atomic mass is 10.0. The SMILES string of the molecule is CCOc1ccc(C2=NC(c3ccc(OCC)cc3)CC2)cc1. The van der Waals surface area contributed by atoms with E-state index in [1.807, 2.05) is 38.1 Å². The summed E-state index contributed by atoms with van der Waals surface area (Å²) in [5.41, 5.74) is 3.64. The molecule has 3 nitrogen and oxygen atoms in total. The maximum atomic E-state index is 5.50. The van der Waals surface area contributed by atoms with Gasteiger partial charge in [0.2, 0.25) is 0 Å². The molecule has 0 saturated carbocycles. The van der Waals surface area contributed by atoms with E-state index < -0.39 is 0 Å². The van der Waals surface area contributed by atoms with Gasteiger partial charge in [0.05, 0.1) is 19.3 Å². The van der Waals surface area contributed by atoms with Crippen LogP contribution in [0.5, 0.6) is 11.5 Å². The predicted octanol–water partition coefficient (Wildman–Crippen LogP) is 4.81. The zero-order valence-corrected chi connectivity index (χ0v) is 13.8. The largest absolute Gasteiger partial charge is 0.494 e. The number of aliphatic imine (C=N–C) groups is 1. The zero-order chi connectivity index (χ0) is 16.1. The van der Waals surface area contributed by atoms with Crippen LogP contribution >= 0.6 is 0 Å². The fourth-order valence-corrected chi connectivity index (χ4v) is 2.91. The second kappa shape index (κ2) is 7.32. The fourth-order valence-electron chi connectivity index (χ4n) is 2.91. The lowest BCUT2D eigenvalue weighted by Gasteiger charge is -2.08. The first-order chi connectivity index (χ1) is 11.3. The normalized spacial score (nSPS) is 17.0. The molecular weight excluding hydrogens is 286 g/mol. The molecule has 0 aliphatic carbocycles. The molecule has 2 aromatic carbocycles. The van der Waals surface area contributed by atoms with Crippen LogP contribution in [-0.4, -0.2) is 18.9 Å². The molecule has 120 valence electrons. The van der Waals surface area contributed by atoms with Gasteiger partial charge in [0.15, 0.2) is 0 Å². The van der Waals surface area contributed by atoms with Crippen molar-refractivity contribution in [1.82, 2.24) is 0 Å². The second-order valence-electron chi connectivity index (χ2n) is 5.59. The zero-order valence-electron chi connectivity index (χ0n) is 13.8. The van der Waals surface area contributed by atoms with Crippen molar-refractivity contribution < 1.29 is 9.47 Å². The van der Waals surface area contributed by atoms with Crippen molar-refractivity contribution in [2.75, 3.05) is 13.2 Å². The van der Waals surface area contributed by atoms with Gasteiger partial charge in [0.25, 0.3) is 0 Å². The van der Waals surface area contributed by atoms with Crippen molar-refractivity contribution in [2.45, 2.75) is 32.7 Å². The van der Waals surface area contributed by atoms with E-state index in [9.17, 15) is 0 Å². The Kier molecular flexibility index (Phi) is 4.96. The predicted molar refractivity (Wildman–Crippen MR) is 93.7 cm³/mol. The lowest BCUT2D eigenvalue weighted by Crippen LogP contribution is -1.96. The highest BCUT2D eigenvalue weighted by atomic mass is 16.5. The Morgan fingerprint density at radius 3 is 2.00 bits per heavy atom. The Bertz CT molecular complexity index is 659. The van der Waals surface area contributed by atoms with Gasteiger partial charge in [0, 0.05) is 5.71 Å². The Morgan fingerprint density at radius 1 is 0.870 bits per heavy atom.